The van der Waals surface area contributed by atoms with Gasteiger partial charge < -0.3 is 15.5 Å². The predicted molar refractivity (Wildman–Crippen MR) is 92.8 cm³/mol. The van der Waals surface area contributed by atoms with Crippen LogP contribution in [0.25, 0.3) is 10.8 Å². The van der Waals surface area contributed by atoms with Crippen LogP contribution in [0.2, 0.25) is 0 Å². The highest BCUT2D eigenvalue weighted by Gasteiger charge is 2.41. The largest absolute Gasteiger partial charge is 0.388 e. The normalized spacial score (nSPS) is 24.5. The summed E-state index contributed by atoms with van der Waals surface area (Å²) in [5, 5.41) is 9.43. The Morgan fingerprint density at radius 2 is 2.23 bits per heavy atom. The number of aryl methyl sites for hydroxylation is 1. The van der Waals surface area contributed by atoms with Crippen LogP contribution in [0.5, 0.6) is 0 Å². The Morgan fingerprint density at radius 1 is 1.32 bits per heavy atom. The number of rotatable bonds is 2. The topological polar surface area (TPSA) is 40.2 Å². The van der Waals surface area contributed by atoms with E-state index in [9.17, 15) is 0 Å². The fourth-order valence-corrected chi connectivity index (χ4v) is 4.18. The smallest absolute Gasteiger partial charge is 0.136 e. The number of fused-ring (bicyclic) bond motifs is 1. The summed E-state index contributed by atoms with van der Waals surface area (Å²) in [6.45, 7) is 6.73. The van der Waals surface area contributed by atoms with Crippen molar-refractivity contribution in [2.45, 2.75) is 19.8 Å². The molecule has 2 saturated heterocycles. The zero-order chi connectivity index (χ0) is 15.2. The van der Waals surface area contributed by atoms with Crippen LogP contribution >= 0.6 is 0 Å². The van der Waals surface area contributed by atoms with Crippen molar-refractivity contribution in [1.29, 1.82) is 0 Å². The van der Waals surface area contributed by atoms with Crippen LogP contribution in [0.3, 0.4) is 0 Å². The molecule has 1 atom stereocenters. The van der Waals surface area contributed by atoms with E-state index in [0.29, 0.717) is 5.41 Å². The molecule has 1 aromatic heterocycles. The first-order valence-electron chi connectivity index (χ1n) is 8.24. The first kappa shape index (κ1) is 13.8. The van der Waals surface area contributed by atoms with E-state index in [0.717, 1.165) is 25.5 Å². The molecule has 4 rings (SSSR count). The van der Waals surface area contributed by atoms with Gasteiger partial charge in [-0.1, -0.05) is 12.1 Å². The van der Waals surface area contributed by atoms with Crippen molar-refractivity contribution >= 4 is 22.3 Å². The van der Waals surface area contributed by atoms with Gasteiger partial charge in [-0.05, 0) is 37.9 Å². The van der Waals surface area contributed by atoms with Crippen molar-refractivity contribution in [2.24, 2.45) is 5.41 Å². The summed E-state index contributed by atoms with van der Waals surface area (Å²) in [4.78, 5) is 7.29. The molecule has 0 aliphatic carbocycles. The second-order valence-electron chi connectivity index (χ2n) is 6.84. The van der Waals surface area contributed by atoms with Crippen LogP contribution < -0.4 is 15.5 Å². The van der Waals surface area contributed by atoms with E-state index >= 15 is 0 Å². The second kappa shape index (κ2) is 5.13. The molecule has 4 nitrogen and oxygen atoms in total. The summed E-state index contributed by atoms with van der Waals surface area (Å²) in [5.41, 5.74) is 2.90. The summed E-state index contributed by atoms with van der Waals surface area (Å²) in [7, 11) is 1.99. The highest BCUT2D eigenvalue weighted by Crippen LogP contribution is 2.40. The molecule has 4 heteroatoms. The summed E-state index contributed by atoms with van der Waals surface area (Å²) in [5.74, 6) is 1.15. The lowest BCUT2D eigenvalue weighted by atomic mass is 9.86. The van der Waals surface area contributed by atoms with E-state index in [1.807, 2.05) is 13.2 Å². The lowest BCUT2D eigenvalue weighted by molar-refractivity contribution is 0.369. The highest BCUT2D eigenvalue weighted by molar-refractivity contribution is 6.02. The van der Waals surface area contributed by atoms with Crippen molar-refractivity contribution < 1.29 is 0 Å². The second-order valence-corrected chi connectivity index (χ2v) is 6.84. The van der Waals surface area contributed by atoms with Crippen LogP contribution in [0, 0.1) is 12.3 Å². The average molecular weight is 296 g/mol. The van der Waals surface area contributed by atoms with Gasteiger partial charge in [0.2, 0.25) is 0 Å². The van der Waals surface area contributed by atoms with Gasteiger partial charge in [0.15, 0.2) is 0 Å². The van der Waals surface area contributed by atoms with Crippen LogP contribution in [-0.2, 0) is 0 Å². The summed E-state index contributed by atoms with van der Waals surface area (Å²) in [6, 6.07) is 6.48. The van der Waals surface area contributed by atoms with E-state index in [2.05, 4.69) is 40.7 Å². The number of anilines is 2. The third-order valence-corrected chi connectivity index (χ3v) is 5.42. The fraction of sp³-hybridized carbons (Fsp3) is 0.500. The Kier molecular flexibility index (Phi) is 3.22. The third-order valence-electron chi connectivity index (χ3n) is 5.42. The predicted octanol–water partition coefficient (Wildman–Crippen LogP) is 2.77. The van der Waals surface area contributed by atoms with Gasteiger partial charge in [-0.2, -0.15) is 0 Å². The molecule has 1 aromatic carbocycles. The van der Waals surface area contributed by atoms with Gasteiger partial charge in [-0.3, -0.25) is 0 Å². The maximum atomic E-state index is 4.80. The van der Waals surface area contributed by atoms with Crippen molar-refractivity contribution in [1.82, 2.24) is 10.3 Å². The van der Waals surface area contributed by atoms with Gasteiger partial charge in [0.25, 0.3) is 0 Å². The van der Waals surface area contributed by atoms with Gasteiger partial charge in [-0.25, -0.2) is 4.98 Å². The van der Waals surface area contributed by atoms with Gasteiger partial charge in [0, 0.05) is 54.8 Å². The number of benzene rings is 1. The molecule has 1 spiro atoms. The molecule has 22 heavy (non-hydrogen) atoms. The maximum absolute atomic E-state index is 4.80. The van der Waals surface area contributed by atoms with Crippen molar-refractivity contribution in [3.8, 4) is 0 Å². The van der Waals surface area contributed by atoms with Crippen molar-refractivity contribution in [3.05, 3.63) is 30.0 Å². The maximum Gasteiger partial charge on any atom is 0.136 e. The van der Waals surface area contributed by atoms with E-state index in [1.54, 1.807) is 0 Å². The molecule has 2 aliphatic heterocycles. The molecule has 0 radical (unpaired) electrons. The first-order chi connectivity index (χ1) is 10.7. The molecule has 2 N–H and O–H groups in total. The molecule has 0 amide bonds. The third kappa shape index (κ3) is 2.05. The minimum absolute atomic E-state index is 0.472. The molecule has 0 bridgehead atoms. The number of pyridine rings is 1. The molecule has 3 heterocycles. The summed E-state index contributed by atoms with van der Waals surface area (Å²) >= 11 is 0. The first-order valence-corrected chi connectivity index (χ1v) is 8.24. The zero-order valence-corrected chi connectivity index (χ0v) is 13.4. The molecule has 116 valence electrons. The number of hydrogen-bond acceptors (Lipinski definition) is 4. The fourth-order valence-electron chi connectivity index (χ4n) is 4.18. The standard InChI is InChI=1S/C18H24N4/c1-13-10-21-17(14-4-3-5-15(19-2)16(13)14)22-9-7-18(12-22)6-8-20-11-18/h3-5,10,19-20H,6-9,11-12H2,1-2H3. The van der Waals surface area contributed by atoms with E-state index < -0.39 is 0 Å². The minimum Gasteiger partial charge on any atom is -0.388 e. The number of nitrogens with zero attached hydrogens (tertiary/aromatic N) is 2. The van der Waals surface area contributed by atoms with E-state index in [-0.39, 0.29) is 0 Å². The number of nitrogens with one attached hydrogen (secondary N) is 2. The molecule has 2 fully saturated rings. The van der Waals surface area contributed by atoms with Crippen LogP contribution in [0.4, 0.5) is 11.5 Å². The van der Waals surface area contributed by atoms with E-state index in [4.69, 9.17) is 4.98 Å². The van der Waals surface area contributed by atoms with Gasteiger partial charge >= 0.3 is 0 Å². The quantitative estimate of drug-likeness (QED) is 0.894. The average Bonchev–Trinajstić information content (AvgIpc) is 3.18. The Bertz CT molecular complexity index is 704. The lowest BCUT2D eigenvalue weighted by Gasteiger charge is -2.25. The van der Waals surface area contributed by atoms with Crippen molar-refractivity contribution in [3.63, 3.8) is 0 Å². The molecule has 2 aliphatic rings. The zero-order valence-electron chi connectivity index (χ0n) is 13.4. The molecule has 0 saturated carbocycles. The van der Waals surface area contributed by atoms with Crippen molar-refractivity contribution in [2.75, 3.05) is 43.4 Å². The van der Waals surface area contributed by atoms with Crippen LogP contribution in [0.1, 0.15) is 18.4 Å². The Balaban J connectivity index is 1.78. The monoisotopic (exact) mass is 296 g/mol. The minimum atomic E-state index is 0.472. The number of hydrogen-bond donors (Lipinski definition) is 2. The highest BCUT2D eigenvalue weighted by atomic mass is 15.2. The molecule has 1 unspecified atom stereocenters. The van der Waals surface area contributed by atoms with Gasteiger partial charge in [-0.15, -0.1) is 0 Å². The van der Waals surface area contributed by atoms with Gasteiger partial charge in [0.05, 0.1) is 0 Å². The van der Waals surface area contributed by atoms with E-state index in [1.165, 1.54) is 41.4 Å². The molecular formula is C18H24N4. The summed E-state index contributed by atoms with van der Waals surface area (Å²) < 4.78 is 0. The summed E-state index contributed by atoms with van der Waals surface area (Å²) in [6.07, 6.45) is 4.61. The number of aromatic nitrogens is 1. The Hall–Kier alpha value is -1.81. The SMILES string of the molecule is CNc1cccc2c(N3CCC4(CCNC4)C3)ncc(C)c12. The van der Waals surface area contributed by atoms with Crippen LogP contribution in [-0.4, -0.2) is 38.2 Å². The van der Waals surface area contributed by atoms with Gasteiger partial charge in [0.1, 0.15) is 5.82 Å². The van der Waals surface area contributed by atoms with Crippen LogP contribution in [0.15, 0.2) is 24.4 Å². The Labute approximate surface area is 131 Å². The molecule has 2 aromatic rings. The molecular weight excluding hydrogens is 272 g/mol. The Morgan fingerprint density at radius 3 is 3.00 bits per heavy atom. The lowest BCUT2D eigenvalue weighted by Crippen LogP contribution is -2.29.